The van der Waals surface area contributed by atoms with Crippen molar-refractivity contribution in [3.63, 3.8) is 0 Å². The maximum absolute atomic E-state index is 8.88. The molecule has 5 nitrogen and oxygen atoms in total. The monoisotopic (exact) mass is 275 g/mol. The van der Waals surface area contributed by atoms with Gasteiger partial charge in [0.15, 0.2) is 0 Å². The lowest BCUT2D eigenvalue weighted by molar-refractivity contribution is 0.752. The van der Waals surface area contributed by atoms with Crippen LogP contribution in [0.3, 0.4) is 0 Å². The van der Waals surface area contributed by atoms with Gasteiger partial charge in [-0.25, -0.2) is 0 Å². The van der Waals surface area contributed by atoms with Gasteiger partial charge in [0, 0.05) is 12.2 Å². The number of nitrogens with zero attached hydrogens (tertiary/aromatic N) is 4. The highest BCUT2D eigenvalue weighted by atomic mass is 15.5. The van der Waals surface area contributed by atoms with Crippen LogP contribution < -0.4 is 5.32 Å². The Morgan fingerprint density at radius 1 is 1.05 bits per heavy atom. The van der Waals surface area contributed by atoms with E-state index in [-0.39, 0.29) is 0 Å². The molecule has 1 heterocycles. The molecule has 1 aromatic heterocycles. The Morgan fingerprint density at radius 3 is 2.52 bits per heavy atom. The Hall–Kier alpha value is -3.13. The minimum absolute atomic E-state index is 0.675. The van der Waals surface area contributed by atoms with E-state index in [9.17, 15) is 0 Å². The second-order valence-electron chi connectivity index (χ2n) is 4.53. The van der Waals surface area contributed by atoms with E-state index >= 15 is 0 Å². The zero-order chi connectivity index (χ0) is 14.5. The molecule has 0 unspecified atom stereocenters. The Balaban J connectivity index is 1.67. The summed E-state index contributed by atoms with van der Waals surface area (Å²) in [5, 5.41) is 20.4. The molecule has 102 valence electrons. The van der Waals surface area contributed by atoms with Crippen LogP contribution in [0.2, 0.25) is 0 Å². The van der Waals surface area contributed by atoms with Gasteiger partial charge in [-0.3, -0.25) is 0 Å². The summed E-state index contributed by atoms with van der Waals surface area (Å²) in [4.78, 5) is 1.57. The molecule has 0 aliphatic rings. The first-order valence-corrected chi connectivity index (χ1v) is 6.55. The van der Waals surface area contributed by atoms with Gasteiger partial charge in [-0.15, -0.1) is 0 Å². The topological polar surface area (TPSA) is 66.5 Å². The van der Waals surface area contributed by atoms with Crippen molar-refractivity contribution in [1.29, 1.82) is 5.26 Å². The van der Waals surface area contributed by atoms with E-state index in [1.54, 1.807) is 23.3 Å². The van der Waals surface area contributed by atoms with E-state index in [4.69, 9.17) is 5.26 Å². The number of nitrogens with one attached hydrogen (secondary N) is 1. The molecule has 0 bridgehead atoms. The first-order chi connectivity index (χ1) is 10.3. The van der Waals surface area contributed by atoms with Crippen LogP contribution in [0.25, 0.3) is 5.69 Å². The van der Waals surface area contributed by atoms with Crippen molar-refractivity contribution < 1.29 is 0 Å². The summed E-state index contributed by atoms with van der Waals surface area (Å²) in [6.45, 7) is 0.675. The fourth-order valence-corrected chi connectivity index (χ4v) is 2.02. The quantitative estimate of drug-likeness (QED) is 0.795. The van der Waals surface area contributed by atoms with Gasteiger partial charge < -0.3 is 5.32 Å². The predicted molar refractivity (Wildman–Crippen MR) is 79.8 cm³/mol. The second kappa shape index (κ2) is 5.88. The van der Waals surface area contributed by atoms with Gasteiger partial charge in [0.25, 0.3) is 0 Å². The van der Waals surface area contributed by atoms with E-state index in [2.05, 4.69) is 21.6 Å². The molecule has 3 rings (SSSR count). The van der Waals surface area contributed by atoms with Crippen LogP contribution in [0.1, 0.15) is 11.1 Å². The lowest BCUT2D eigenvalue weighted by Crippen LogP contribution is -2.01. The van der Waals surface area contributed by atoms with Crippen molar-refractivity contribution in [2.24, 2.45) is 0 Å². The molecule has 0 aliphatic heterocycles. The highest BCUT2D eigenvalue weighted by Crippen LogP contribution is 2.13. The predicted octanol–water partition coefficient (Wildman–Crippen LogP) is 2.75. The average Bonchev–Trinajstić information content (AvgIpc) is 3.08. The molecule has 0 radical (unpaired) electrons. The fourth-order valence-electron chi connectivity index (χ4n) is 2.02. The highest BCUT2D eigenvalue weighted by molar-refractivity contribution is 5.48. The van der Waals surface area contributed by atoms with Crippen LogP contribution in [0.4, 0.5) is 5.69 Å². The number of rotatable bonds is 4. The third kappa shape index (κ3) is 3.07. The number of nitriles is 1. The minimum atomic E-state index is 0.675. The van der Waals surface area contributed by atoms with Crippen LogP contribution in [0, 0.1) is 11.3 Å². The summed E-state index contributed by atoms with van der Waals surface area (Å²) in [7, 11) is 0. The van der Waals surface area contributed by atoms with Gasteiger partial charge in [-0.05, 0) is 42.0 Å². The molecule has 21 heavy (non-hydrogen) atoms. The van der Waals surface area contributed by atoms with Gasteiger partial charge in [0.2, 0.25) is 0 Å². The third-order valence-corrected chi connectivity index (χ3v) is 3.07. The molecular weight excluding hydrogens is 262 g/mol. The smallest absolute Gasteiger partial charge is 0.0991 e. The number of anilines is 1. The summed E-state index contributed by atoms with van der Waals surface area (Å²) in [5.74, 6) is 0. The first-order valence-electron chi connectivity index (χ1n) is 6.55. The summed E-state index contributed by atoms with van der Waals surface area (Å²) in [6, 6.07) is 17.6. The molecule has 0 amide bonds. The SMILES string of the molecule is N#Cc1cccc(CNc2ccc(-n3nccn3)cc2)c1. The van der Waals surface area contributed by atoms with Crippen molar-refractivity contribution in [1.82, 2.24) is 15.0 Å². The lowest BCUT2D eigenvalue weighted by Gasteiger charge is -2.07. The molecule has 3 aromatic rings. The van der Waals surface area contributed by atoms with Gasteiger partial charge in [0.05, 0.1) is 29.7 Å². The fraction of sp³-hybridized carbons (Fsp3) is 0.0625. The lowest BCUT2D eigenvalue weighted by atomic mass is 10.1. The van der Waals surface area contributed by atoms with Gasteiger partial charge >= 0.3 is 0 Å². The van der Waals surface area contributed by atoms with Crippen LogP contribution in [-0.2, 0) is 6.54 Å². The van der Waals surface area contributed by atoms with Crippen molar-refractivity contribution in [3.8, 4) is 11.8 Å². The van der Waals surface area contributed by atoms with E-state index in [1.165, 1.54) is 0 Å². The average molecular weight is 275 g/mol. The van der Waals surface area contributed by atoms with E-state index < -0.39 is 0 Å². The van der Waals surface area contributed by atoms with Gasteiger partial charge in [-0.1, -0.05) is 12.1 Å². The highest BCUT2D eigenvalue weighted by Gasteiger charge is 1.99. The molecule has 2 aromatic carbocycles. The first kappa shape index (κ1) is 12.9. The van der Waals surface area contributed by atoms with E-state index in [0.717, 1.165) is 16.9 Å². The molecule has 0 spiro atoms. The summed E-state index contributed by atoms with van der Waals surface area (Å²) in [6.07, 6.45) is 3.29. The Labute approximate surface area is 122 Å². The summed E-state index contributed by atoms with van der Waals surface area (Å²) < 4.78 is 0. The second-order valence-corrected chi connectivity index (χ2v) is 4.53. The third-order valence-electron chi connectivity index (χ3n) is 3.07. The number of benzene rings is 2. The largest absolute Gasteiger partial charge is 0.381 e. The van der Waals surface area contributed by atoms with E-state index in [1.807, 2.05) is 42.5 Å². The molecule has 0 fully saturated rings. The number of hydrogen-bond acceptors (Lipinski definition) is 4. The Kier molecular flexibility index (Phi) is 3.61. The maximum atomic E-state index is 8.88. The van der Waals surface area contributed by atoms with E-state index in [0.29, 0.717) is 12.1 Å². The molecule has 0 atom stereocenters. The molecule has 0 aliphatic carbocycles. The molecule has 0 saturated heterocycles. The summed E-state index contributed by atoms with van der Waals surface area (Å²) >= 11 is 0. The Bertz CT molecular complexity index is 754. The van der Waals surface area contributed by atoms with Crippen LogP contribution in [-0.4, -0.2) is 15.0 Å². The van der Waals surface area contributed by atoms with Crippen LogP contribution in [0.5, 0.6) is 0 Å². The number of aromatic nitrogens is 3. The van der Waals surface area contributed by atoms with Crippen molar-refractivity contribution in [3.05, 3.63) is 72.1 Å². The normalized spacial score (nSPS) is 10.0. The molecular formula is C16H13N5. The maximum Gasteiger partial charge on any atom is 0.0991 e. The van der Waals surface area contributed by atoms with Crippen molar-refractivity contribution >= 4 is 5.69 Å². The summed E-state index contributed by atoms with van der Waals surface area (Å²) in [5.41, 5.74) is 3.67. The standard InChI is InChI=1S/C16H13N5/c17-11-13-2-1-3-14(10-13)12-18-15-4-6-16(7-5-15)21-19-8-9-20-21/h1-10,18H,12H2. The van der Waals surface area contributed by atoms with Crippen LogP contribution >= 0.6 is 0 Å². The zero-order valence-corrected chi connectivity index (χ0v) is 11.3. The number of hydrogen-bond donors (Lipinski definition) is 1. The Morgan fingerprint density at radius 2 is 1.81 bits per heavy atom. The van der Waals surface area contributed by atoms with Crippen molar-refractivity contribution in [2.75, 3.05) is 5.32 Å². The molecule has 0 saturated carbocycles. The van der Waals surface area contributed by atoms with Gasteiger partial charge in [-0.2, -0.15) is 20.3 Å². The van der Waals surface area contributed by atoms with Crippen molar-refractivity contribution in [2.45, 2.75) is 6.54 Å². The minimum Gasteiger partial charge on any atom is -0.381 e. The molecule has 1 N–H and O–H groups in total. The van der Waals surface area contributed by atoms with Crippen LogP contribution in [0.15, 0.2) is 60.9 Å². The molecule has 5 heteroatoms. The van der Waals surface area contributed by atoms with Gasteiger partial charge in [0.1, 0.15) is 0 Å². The zero-order valence-electron chi connectivity index (χ0n) is 11.3.